The highest BCUT2D eigenvalue weighted by molar-refractivity contribution is 7.21. The van der Waals surface area contributed by atoms with Crippen LogP contribution in [0.3, 0.4) is 0 Å². The van der Waals surface area contributed by atoms with Gasteiger partial charge in [-0.15, -0.1) is 0 Å². The second-order valence-electron chi connectivity index (χ2n) is 10.5. The van der Waals surface area contributed by atoms with E-state index in [0.29, 0.717) is 30.7 Å². The predicted octanol–water partition coefficient (Wildman–Crippen LogP) is 4.89. The molecular weight excluding hydrogens is 458 g/mol. The van der Waals surface area contributed by atoms with E-state index in [0.717, 1.165) is 51.5 Å². The zero-order valence-corrected chi connectivity index (χ0v) is 21.4. The number of aromatic nitrogens is 2. The van der Waals surface area contributed by atoms with Gasteiger partial charge in [0, 0.05) is 29.8 Å². The molecular formula is C26H33N7OS. The maximum atomic E-state index is 7.95. The quantitative estimate of drug-likeness (QED) is 0.346. The molecule has 0 saturated heterocycles. The molecule has 8 nitrogen and oxygen atoms in total. The zero-order chi connectivity index (χ0) is 24.7. The number of pyridine rings is 1. The van der Waals surface area contributed by atoms with Crippen molar-refractivity contribution in [2.45, 2.75) is 46.6 Å². The predicted molar refractivity (Wildman–Crippen MR) is 143 cm³/mol. The summed E-state index contributed by atoms with van der Waals surface area (Å²) in [6.45, 7) is 8.85. The maximum Gasteiger partial charge on any atom is 0.214 e. The number of nitrogen functional groups attached to an aromatic ring is 1. The third kappa shape index (κ3) is 4.96. The number of benzene rings is 1. The van der Waals surface area contributed by atoms with Crippen LogP contribution in [0.2, 0.25) is 0 Å². The van der Waals surface area contributed by atoms with E-state index in [9.17, 15) is 0 Å². The van der Waals surface area contributed by atoms with Gasteiger partial charge < -0.3 is 21.1 Å². The number of hydrogen-bond donors (Lipinski definition) is 3. The first kappa shape index (κ1) is 23.5. The van der Waals surface area contributed by atoms with Gasteiger partial charge in [0.25, 0.3) is 0 Å². The van der Waals surface area contributed by atoms with Crippen molar-refractivity contribution in [1.29, 1.82) is 5.41 Å². The number of anilines is 1. The molecule has 35 heavy (non-hydrogen) atoms. The molecule has 0 spiro atoms. The van der Waals surface area contributed by atoms with Crippen molar-refractivity contribution in [2.24, 2.45) is 28.0 Å². The second-order valence-corrected chi connectivity index (χ2v) is 11.5. The Hall–Kier alpha value is -3.20. The number of guanidine groups is 1. The van der Waals surface area contributed by atoms with Gasteiger partial charge in [-0.05, 0) is 54.4 Å². The van der Waals surface area contributed by atoms with Crippen LogP contribution in [0, 0.1) is 22.7 Å². The molecule has 1 aliphatic carbocycles. The molecule has 184 valence electrons. The summed E-state index contributed by atoms with van der Waals surface area (Å²) >= 11 is 1.39. The molecule has 2 unspecified atom stereocenters. The average Bonchev–Trinajstić information content (AvgIpc) is 3.04. The van der Waals surface area contributed by atoms with Gasteiger partial charge in [0.15, 0.2) is 5.13 Å². The van der Waals surface area contributed by atoms with Gasteiger partial charge in [-0.25, -0.2) is 15.0 Å². The van der Waals surface area contributed by atoms with E-state index in [-0.39, 0.29) is 17.3 Å². The summed E-state index contributed by atoms with van der Waals surface area (Å²) in [6.07, 6.45) is 5.25. The Bertz CT molecular complexity index is 1300. The number of rotatable bonds is 2. The van der Waals surface area contributed by atoms with E-state index in [2.05, 4.69) is 52.8 Å². The van der Waals surface area contributed by atoms with Crippen LogP contribution in [-0.4, -0.2) is 39.8 Å². The lowest BCUT2D eigenvalue weighted by Crippen LogP contribution is -2.44. The van der Waals surface area contributed by atoms with E-state index in [1.165, 1.54) is 17.8 Å². The highest BCUT2D eigenvalue weighted by Crippen LogP contribution is 2.43. The fourth-order valence-corrected chi connectivity index (χ4v) is 6.00. The summed E-state index contributed by atoms with van der Waals surface area (Å²) in [6, 6.07) is 8.28. The molecule has 3 heterocycles. The normalized spacial score (nSPS) is 22.4. The molecule has 3 aromatic rings. The highest BCUT2D eigenvalue weighted by atomic mass is 32.1. The third-order valence-corrected chi connectivity index (χ3v) is 8.07. The van der Waals surface area contributed by atoms with Gasteiger partial charge in [0.05, 0.1) is 6.54 Å². The van der Waals surface area contributed by atoms with Crippen LogP contribution in [0.15, 0.2) is 35.5 Å². The van der Waals surface area contributed by atoms with Crippen molar-refractivity contribution < 1.29 is 4.74 Å². The zero-order valence-electron chi connectivity index (χ0n) is 20.5. The maximum absolute atomic E-state index is 7.95. The molecule has 5 rings (SSSR count). The van der Waals surface area contributed by atoms with Crippen LogP contribution < -0.4 is 16.2 Å². The van der Waals surface area contributed by atoms with E-state index in [4.69, 9.17) is 21.6 Å². The van der Waals surface area contributed by atoms with Crippen molar-refractivity contribution in [1.82, 2.24) is 14.9 Å². The Labute approximate surface area is 209 Å². The molecule has 0 radical (unpaired) electrons. The lowest BCUT2D eigenvalue weighted by molar-refractivity contribution is 0.155. The van der Waals surface area contributed by atoms with Crippen LogP contribution in [0.25, 0.3) is 21.5 Å². The monoisotopic (exact) mass is 491 g/mol. The van der Waals surface area contributed by atoms with Gasteiger partial charge in [0.1, 0.15) is 28.5 Å². The van der Waals surface area contributed by atoms with E-state index in [1.54, 1.807) is 0 Å². The van der Waals surface area contributed by atoms with Crippen LogP contribution in [0.5, 0.6) is 5.75 Å². The summed E-state index contributed by atoms with van der Waals surface area (Å²) in [5.74, 6) is 2.40. The largest absolute Gasteiger partial charge is 0.491 e. The first-order valence-electron chi connectivity index (χ1n) is 12.1. The molecule has 2 aliphatic rings. The highest BCUT2D eigenvalue weighted by Gasteiger charge is 2.38. The summed E-state index contributed by atoms with van der Waals surface area (Å²) < 4.78 is 6.13. The van der Waals surface area contributed by atoms with Gasteiger partial charge in [-0.1, -0.05) is 38.2 Å². The lowest BCUT2D eigenvalue weighted by atomic mass is 9.67. The smallest absolute Gasteiger partial charge is 0.214 e. The summed E-state index contributed by atoms with van der Waals surface area (Å²) in [7, 11) is 0. The van der Waals surface area contributed by atoms with Gasteiger partial charge in [-0.2, -0.15) is 0 Å². The van der Waals surface area contributed by atoms with Crippen molar-refractivity contribution in [2.75, 3.05) is 18.9 Å². The molecule has 2 atom stereocenters. The number of nitrogens with zero attached hydrogens (tertiary/aromatic N) is 4. The number of aliphatic imine (C=N–C) groups is 1. The minimum absolute atomic E-state index is 0.142. The Balaban J connectivity index is 1.48. The van der Waals surface area contributed by atoms with Crippen molar-refractivity contribution in [3.8, 4) is 16.9 Å². The molecule has 0 bridgehead atoms. The first-order chi connectivity index (χ1) is 16.7. The third-order valence-electron chi connectivity index (χ3n) is 7.26. The average molecular weight is 492 g/mol. The standard InChI is InChI=1S/C26H33N7OS/c1-15-6-7-26(2,3)12-19(15)22(32-24(27)28)33-8-9-34-21-5-4-16(10-18(21)14-33)17-11-20-23(30-13-17)35-25(29)31-20/h4-5,10-11,13,15,19H,6-9,12,14H2,1-3H3,(H3,27,28)(H2,29,31). The van der Waals surface area contributed by atoms with Gasteiger partial charge in [0.2, 0.25) is 5.96 Å². The minimum atomic E-state index is -0.142. The minimum Gasteiger partial charge on any atom is -0.491 e. The number of hydrogen-bond acceptors (Lipinski definition) is 6. The number of thiazole rings is 1. The number of fused-ring (bicyclic) bond motifs is 2. The Kier molecular flexibility index (Phi) is 6.13. The lowest BCUT2D eigenvalue weighted by Gasteiger charge is -2.42. The molecule has 1 fully saturated rings. The van der Waals surface area contributed by atoms with Crippen molar-refractivity contribution in [3.05, 3.63) is 36.0 Å². The number of nitrogens with one attached hydrogen (secondary N) is 1. The van der Waals surface area contributed by atoms with Gasteiger partial charge in [-0.3, -0.25) is 5.41 Å². The Morgan fingerprint density at radius 1 is 1.29 bits per heavy atom. The van der Waals surface area contributed by atoms with Gasteiger partial charge >= 0.3 is 0 Å². The van der Waals surface area contributed by atoms with Crippen LogP contribution in [0.4, 0.5) is 5.13 Å². The fraction of sp³-hybridized carbons (Fsp3) is 0.462. The number of amidine groups is 1. The van der Waals surface area contributed by atoms with Crippen LogP contribution >= 0.6 is 11.3 Å². The number of ether oxygens (including phenoxy) is 1. The van der Waals surface area contributed by atoms with E-state index >= 15 is 0 Å². The molecule has 1 aromatic carbocycles. The molecule has 0 amide bonds. The summed E-state index contributed by atoms with van der Waals surface area (Å²) in [5, 5.41) is 8.47. The molecule has 1 saturated carbocycles. The van der Waals surface area contributed by atoms with Crippen molar-refractivity contribution >= 4 is 38.6 Å². The summed E-state index contributed by atoms with van der Waals surface area (Å²) in [5.41, 5.74) is 15.8. The first-order valence-corrected chi connectivity index (χ1v) is 13.0. The fourth-order valence-electron chi connectivity index (χ4n) is 5.34. The van der Waals surface area contributed by atoms with Crippen molar-refractivity contribution in [3.63, 3.8) is 0 Å². The second kappa shape index (κ2) is 9.11. The number of nitrogens with two attached hydrogens (primary N) is 2. The molecule has 9 heteroatoms. The molecule has 5 N–H and O–H groups in total. The Morgan fingerprint density at radius 2 is 2.11 bits per heavy atom. The molecule has 1 aliphatic heterocycles. The Morgan fingerprint density at radius 3 is 2.91 bits per heavy atom. The molecule has 2 aromatic heterocycles. The van der Waals surface area contributed by atoms with E-state index < -0.39 is 0 Å². The van der Waals surface area contributed by atoms with Crippen LogP contribution in [-0.2, 0) is 6.54 Å². The topological polar surface area (TPSA) is 126 Å². The van der Waals surface area contributed by atoms with E-state index in [1.807, 2.05) is 18.3 Å². The summed E-state index contributed by atoms with van der Waals surface area (Å²) in [4.78, 5) is 16.6. The SMILES string of the molecule is CC1CCC(C)(C)CC1C(=NC(=N)N)N1CCOc2ccc(-c3cnc4sc(N)nc4c3)cc2C1. The van der Waals surface area contributed by atoms with Crippen LogP contribution in [0.1, 0.15) is 45.6 Å².